The summed E-state index contributed by atoms with van der Waals surface area (Å²) in [4.78, 5) is 20.7. The van der Waals surface area contributed by atoms with Crippen molar-refractivity contribution in [3.8, 4) is 11.3 Å². The van der Waals surface area contributed by atoms with Crippen molar-refractivity contribution in [1.29, 1.82) is 0 Å². The van der Waals surface area contributed by atoms with Gasteiger partial charge in [-0.25, -0.2) is 4.98 Å². The number of carbonyl (C=O) groups is 1. The molecule has 6 heteroatoms. The standard InChI is InChI=1S/C28H31N5O/c1-3-33-19-25(20(2)31-33)27-17-24(23-9-5-6-10-26(23)30-27)28(34)29-22-13-11-21(12-14-22)18-32-15-7-4-8-16-32/h5-6,9-14,17,19H,3-4,7-8,15-16,18H2,1-2H3,(H,29,34). The van der Waals surface area contributed by atoms with Crippen LogP contribution in [0.15, 0.2) is 60.8 Å². The van der Waals surface area contributed by atoms with Gasteiger partial charge in [0, 0.05) is 35.9 Å². The number of nitrogens with zero attached hydrogens (tertiary/aromatic N) is 4. The molecule has 1 aliphatic heterocycles. The van der Waals surface area contributed by atoms with Crippen molar-refractivity contribution in [2.45, 2.75) is 46.2 Å². The SMILES string of the molecule is CCn1cc(-c2cc(C(=O)Nc3ccc(CN4CCCCC4)cc3)c3ccccc3n2)c(C)n1. The predicted molar refractivity (Wildman–Crippen MR) is 137 cm³/mol. The molecular formula is C28H31N5O. The van der Waals surface area contributed by atoms with Crippen molar-refractivity contribution in [2.75, 3.05) is 18.4 Å². The van der Waals surface area contributed by atoms with E-state index in [-0.39, 0.29) is 5.91 Å². The summed E-state index contributed by atoms with van der Waals surface area (Å²) in [6, 6.07) is 17.9. The van der Waals surface area contributed by atoms with Gasteiger partial charge in [-0.05, 0) is 69.6 Å². The molecule has 2 aromatic heterocycles. The lowest BCUT2D eigenvalue weighted by atomic mass is 10.0. The molecule has 1 saturated heterocycles. The number of piperidine rings is 1. The highest BCUT2D eigenvalue weighted by Crippen LogP contribution is 2.27. The number of likely N-dealkylation sites (tertiary alicyclic amines) is 1. The van der Waals surface area contributed by atoms with Crippen LogP contribution >= 0.6 is 0 Å². The van der Waals surface area contributed by atoms with Crippen LogP contribution in [0, 0.1) is 6.92 Å². The first-order chi connectivity index (χ1) is 16.6. The first-order valence-corrected chi connectivity index (χ1v) is 12.2. The van der Waals surface area contributed by atoms with Gasteiger partial charge < -0.3 is 5.32 Å². The summed E-state index contributed by atoms with van der Waals surface area (Å²) in [5.74, 6) is -0.135. The number of hydrogen-bond donors (Lipinski definition) is 1. The normalized spacial score (nSPS) is 14.4. The molecule has 1 fully saturated rings. The monoisotopic (exact) mass is 453 g/mol. The number of amides is 1. The summed E-state index contributed by atoms with van der Waals surface area (Å²) in [5, 5.41) is 8.48. The van der Waals surface area contributed by atoms with Gasteiger partial charge in [0.25, 0.3) is 5.91 Å². The first kappa shape index (κ1) is 22.3. The minimum atomic E-state index is -0.135. The molecule has 3 heterocycles. The Hall–Kier alpha value is -3.51. The third-order valence-electron chi connectivity index (χ3n) is 6.57. The molecule has 1 amide bonds. The molecule has 6 nitrogen and oxygen atoms in total. The van der Waals surface area contributed by atoms with Crippen molar-refractivity contribution in [3.05, 3.63) is 77.6 Å². The number of aromatic nitrogens is 3. The molecule has 34 heavy (non-hydrogen) atoms. The van der Waals surface area contributed by atoms with E-state index in [4.69, 9.17) is 4.98 Å². The average Bonchev–Trinajstić information content (AvgIpc) is 3.26. The minimum Gasteiger partial charge on any atom is -0.322 e. The third-order valence-corrected chi connectivity index (χ3v) is 6.57. The van der Waals surface area contributed by atoms with E-state index in [2.05, 4.69) is 34.4 Å². The van der Waals surface area contributed by atoms with Gasteiger partial charge in [-0.3, -0.25) is 14.4 Å². The fraction of sp³-hybridized carbons (Fsp3) is 0.321. The van der Waals surface area contributed by atoms with Gasteiger partial charge in [0.2, 0.25) is 0 Å². The molecule has 1 aliphatic rings. The highest BCUT2D eigenvalue weighted by atomic mass is 16.1. The van der Waals surface area contributed by atoms with Crippen LogP contribution in [0.1, 0.15) is 47.8 Å². The molecule has 5 rings (SSSR count). The Balaban J connectivity index is 1.40. The predicted octanol–water partition coefficient (Wildman–Crippen LogP) is 5.66. The molecule has 0 bridgehead atoms. The van der Waals surface area contributed by atoms with Gasteiger partial charge in [-0.1, -0.05) is 36.8 Å². The topological polar surface area (TPSA) is 63.1 Å². The van der Waals surface area contributed by atoms with E-state index in [0.717, 1.165) is 46.6 Å². The maximum absolute atomic E-state index is 13.4. The summed E-state index contributed by atoms with van der Waals surface area (Å²) in [7, 11) is 0. The van der Waals surface area contributed by atoms with E-state index < -0.39 is 0 Å². The number of fused-ring (bicyclic) bond motifs is 1. The Morgan fingerprint density at radius 3 is 2.53 bits per heavy atom. The van der Waals surface area contributed by atoms with Gasteiger partial charge in [-0.15, -0.1) is 0 Å². The maximum atomic E-state index is 13.4. The fourth-order valence-corrected chi connectivity index (χ4v) is 4.70. The van der Waals surface area contributed by atoms with Crippen molar-refractivity contribution in [1.82, 2.24) is 19.7 Å². The molecule has 0 radical (unpaired) electrons. The lowest BCUT2D eigenvalue weighted by Crippen LogP contribution is -2.29. The fourth-order valence-electron chi connectivity index (χ4n) is 4.70. The van der Waals surface area contributed by atoms with Crippen molar-refractivity contribution < 1.29 is 4.79 Å². The van der Waals surface area contributed by atoms with E-state index in [1.54, 1.807) is 0 Å². The maximum Gasteiger partial charge on any atom is 0.256 e. The quantitative estimate of drug-likeness (QED) is 0.409. The number of carbonyl (C=O) groups excluding carboxylic acids is 1. The minimum absolute atomic E-state index is 0.135. The van der Waals surface area contributed by atoms with E-state index >= 15 is 0 Å². The first-order valence-electron chi connectivity index (χ1n) is 12.2. The molecule has 0 spiro atoms. The highest BCUT2D eigenvalue weighted by Gasteiger charge is 2.17. The van der Waals surface area contributed by atoms with Gasteiger partial charge in [0.05, 0.1) is 22.5 Å². The average molecular weight is 454 g/mol. The highest BCUT2D eigenvalue weighted by molar-refractivity contribution is 6.13. The van der Waals surface area contributed by atoms with Crippen LogP contribution < -0.4 is 5.32 Å². The van der Waals surface area contributed by atoms with Crippen LogP contribution in [-0.4, -0.2) is 38.7 Å². The number of anilines is 1. The van der Waals surface area contributed by atoms with Gasteiger partial charge in [0.15, 0.2) is 0 Å². The Morgan fingerprint density at radius 2 is 1.79 bits per heavy atom. The second-order valence-electron chi connectivity index (χ2n) is 9.04. The smallest absolute Gasteiger partial charge is 0.256 e. The number of aryl methyl sites for hydroxylation is 2. The Labute approximate surface area is 200 Å². The van der Waals surface area contributed by atoms with E-state index in [0.29, 0.717) is 5.56 Å². The number of rotatable bonds is 6. The summed E-state index contributed by atoms with van der Waals surface area (Å²) in [5.41, 5.74) is 6.10. The zero-order valence-corrected chi connectivity index (χ0v) is 19.9. The second-order valence-corrected chi connectivity index (χ2v) is 9.04. The number of benzene rings is 2. The van der Waals surface area contributed by atoms with Crippen LogP contribution in [-0.2, 0) is 13.1 Å². The molecule has 0 atom stereocenters. The van der Waals surface area contributed by atoms with Crippen LogP contribution in [0.5, 0.6) is 0 Å². The lowest BCUT2D eigenvalue weighted by Gasteiger charge is -2.26. The summed E-state index contributed by atoms with van der Waals surface area (Å²) in [6.07, 6.45) is 5.91. The number of nitrogens with one attached hydrogen (secondary N) is 1. The third kappa shape index (κ3) is 4.73. The largest absolute Gasteiger partial charge is 0.322 e. The van der Waals surface area contributed by atoms with Gasteiger partial charge in [-0.2, -0.15) is 5.10 Å². The van der Waals surface area contributed by atoms with E-state index in [1.165, 1.54) is 37.9 Å². The molecule has 0 unspecified atom stereocenters. The van der Waals surface area contributed by atoms with Crippen molar-refractivity contribution in [2.24, 2.45) is 0 Å². The van der Waals surface area contributed by atoms with Gasteiger partial charge >= 0.3 is 0 Å². The number of para-hydroxylation sites is 1. The van der Waals surface area contributed by atoms with E-state index in [1.807, 2.05) is 60.3 Å². The Bertz CT molecular complexity index is 1300. The van der Waals surface area contributed by atoms with Crippen LogP contribution in [0.2, 0.25) is 0 Å². The van der Waals surface area contributed by atoms with Crippen molar-refractivity contribution in [3.63, 3.8) is 0 Å². The summed E-state index contributed by atoms with van der Waals surface area (Å²) in [6.45, 7) is 8.14. The van der Waals surface area contributed by atoms with Crippen LogP contribution in [0.4, 0.5) is 5.69 Å². The Kier molecular flexibility index (Phi) is 6.41. The summed E-state index contributed by atoms with van der Waals surface area (Å²) < 4.78 is 1.90. The molecule has 2 aromatic carbocycles. The molecule has 0 aliphatic carbocycles. The number of pyridine rings is 1. The summed E-state index contributed by atoms with van der Waals surface area (Å²) >= 11 is 0. The van der Waals surface area contributed by atoms with Crippen LogP contribution in [0.25, 0.3) is 22.2 Å². The van der Waals surface area contributed by atoms with E-state index in [9.17, 15) is 4.79 Å². The zero-order valence-electron chi connectivity index (χ0n) is 19.9. The lowest BCUT2D eigenvalue weighted by molar-refractivity contribution is 0.102. The molecular weight excluding hydrogens is 422 g/mol. The molecule has 0 saturated carbocycles. The second kappa shape index (κ2) is 9.77. The Morgan fingerprint density at radius 1 is 1.03 bits per heavy atom. The molecule has 174 valence electrons. The zero-order chi connectivity index (χ0) is 23.5. The van der Waals surface area contributed by atoms with Crippen molar-refractivity contribution >= 4 is 22.5 Å². The molecule has 4 aromatic rings. The number of hydrogen-bond acceptors (Lipinski definition) is 4. The molecule has 1 N–H and O–H groups in total. The van der Waals surface area contributed by atoms with Crippen LogP contribution in [0.3, 0.4) is 0 Å². The van der Waals surface area contributed by atoms with Gasteiger partial charge in [0.1, 0.15) is 0 Å².